The Hall–Kier alpha value is -0.260. The lowest BCUT2D eigenvalue weighted by Gasteiger charge is -2.59. The van der Waals surface area contributed by atoms with Gasteiger partial charge in [-0.05, 0) is 122 Å². The Balaban J connectivity index is 1.28. The van der Waals surface area contributed by atoms with Gasteiger partial charge in [0, 0.05) is 0 Å². The molecule has 0 heteroatoms. The van der Waals surface area contributed by atoms with Crippen LogP contribution in [0.5, 0.6) is 0 Å². The molecule has 2 unspecified atom stereocenters. The lowest BCUT2D eigenvalue weighted by atomic mass is 9.46. The van der Waals surface area contributed by atoms with Gasteiger partial charge in [-0.1, -0.05) is 317 Å². The van der Waals surface area contributed by atoms with Crippen LogP contribution in [-0.4, -0.2) is 0 Å². The first-order valence-corrected chi connectivity index (χ1v) is 33.4. The summed E-state index contributed by atoms with van der Waals surface area (Å²) < 4.78 is 0. The average molecular weight is 960 g/mol. The van der Waals surface area contributed by atoms with Crippen LogP contribution in [0.1, 0.15) is 364 Å². The zero-order valence-corrected chi connectivity index (χ0v) is 49.2. The largest absolute Gasteiger partial charge is 0.0845 e. The molecule has 4 rings (SSSR count). The molecule has 0 nitrogen and oxygen atoms in total. The van der Waals surface area contributed by atoms with Crippen LogP contribution in [0.4, 0.5) is 0 Å². The van der Waals surface area contributed by atoms with Crippen LogP contribution in [0.3, 0.4) is 0 Å². The molecule has 0 radical (unpaired) electrons. The van der Waals surface area contributed by atoms with E-state index in [2.05, 4.69) is 61.5 Å². The van der Waals surface area contributed by atoms with E-state index in [1.807, 2.05) is 5.57 Å². The maximum absolute atomic E-state index is 2.95. The van der Waals surface area contributed by atoms with Crippen LogP contribution in [0, 0.1) is 64.1 Å². The van der Waals surface area contributed by atoms with E-state index >= 15 is 0 Å². The average Bonchev–Trinajstić information content (AvgIpc) is 3.70. The third-order valence-electron chi connectivity index (χ3n) is 21.3. The van der Waals surface area contributed by atoms with E-state index in [1.54, 1.807) is 32.1 Å². The van der Waals surface area contributed by atoms with Crippen molar-refractivity contribution in [2.45, 2.75) is 364 Å². The third kappa shape index (κ3) is 21.9. The normalized spacial score (nSPS) is 27.0. The zero-order chi connectivity index (χ0) is 49.4. The van der Waals surface area contributed by atoms with Crippen molar-refractivity contribution in [3.63, 3.8) is 0 Å². The Morgan fingerprint density at radius 1 is 0.435 bits per heavy atom. The van der Waals surface area contributed by atoms with Crippen molar-refractivity contribution in [3.8, 4) is 0 Å². The van der Waals surface area contributed by atoms with Crippen LogP contribution >= 0.6 is 0 Å². The highest BCUT2D eigenvalue weighted by Crippen LogP contribution is 2.68. The molecule has 0 N–H and O–H groups in total. The summed E-state index contributed by atoms with van der Waals surface area (Å²) in [5, 5.41) is 0. The smallest absolute Gasteiger partial charge is 0.00851 e. The Labute approximate surface area is 437 Å². The van der Waals surface area contributed by atoms with Gasteiger partial charge in [0.25, 0.3) is 0 Å². The Bertz CT molecular complexity index is 1240. The van der Waals surface area contributed by atoms with E-state index in [0.717, 1.165) is 53.3 Å². The molecular weight excluding hydrogens is 829 g/mol. The summed E-state index contributed by atoms with van der Waals surface area (Å²) in [7, 11) is 0. The number of unbranched alkanes of at least 4 members (excludes halogenated alkanes) is 31. The first-order chi connectivity index (χ1) is 33.7. The van der Waals surface area contributed by atoms with Crippen LogP contribution in [0.2, 0.25) is 0 Å². The molecule has 0 spiro atoms. The van der Waals surface area contributed by atoms with Gasteiger partial charge in [0.15, 0.2) is 0 Å². The summed E-state index contributed by atoms with van der Waals surface area (Å²) in [4.78, 5) is 0. The molecule has 4 aliphatic rings. The van der Waals surface area contributed by atoms with Crippen molar-refractivity contribution in [2.24, 2.45) is 64.1 Å². The van der Waals surface area contributed by atoms with E-state index < -0.39 is 0 Å². The van der Waals surface area contributed by atoms with Crippen molar-refractivity contribution in [1.29, 1.82) is 0 Å². The Kier molecular flexibility index (Phi) is 32.5. The molecule has 0 bridgehead atoms. The SMILES string of the molecule is CCCCCCCCCCCCCCCCCCCCCCC(CCCCCCCCCCC)C(CCCCCCC)[C@H]1CC[C@@]2(C)C(=CC[C@H]3[C@@H]4CC[C@H]([C@H](C)CCCC(C)C)[C@@]4(C)CC[C@@H]32)C1. The molecule has 0 aromatic heterocycles. The maximum Gasteiger partial charge on any atom is -0.00851 e. The van der Waals surface area contributed by atoms with Gasteiger partial charge in [-0.25, -0.2) is 0 Å². The van der Waals surface area contributed by atoms with E-state index in [1.165, 1.54) is 276 Å². The zero-order valence-electron chi connectivity index (χ0n) is 49.2. The first-order valence-electron chi connectivity index (χ1n) is 33.4. The molecule has 0 aliphatic heterocycles. The summed E-state index contributed by atoms with van der Waals surface area (Å²) >= 11 is 0. The van der Waals surface area contributed by atoms with Gasteiger partial charge in [0.2, 0.25) is 0 Å². The lowest BCUT2D eigenvalue weighted by molar-refractivity contribution is -0.0556. The predicted octanol–water partition coefficient (Wildman–Crippen LogP) is 24.4. The molecule has 69 heavy (non-hydrogen) atoms. The van der Waals surface area contributed by atoms with Gasteiger partial charge in [0.1, 0.15) is 0 Å². The maximum atomic E-state index is 2.95. The number of rotatable bonds is 44. The van der Waals surface area contributed by atoms with Gasteiger partial charge in [0.05, 0.1) is 0 Å². The van der Waals surface area contributed by atoms with Crippen molar-refractivity contribution in [1.82, 2.24) is 0 Å². The van der Waals surface area contributed by atoms with Gasteiger partial charge in [-0.3, -0.25) is 0 Å². The fourth-order valence-electron chi connectivity index (χ4n) is 16.9. The third-order valence-corrected chi connectivity index (χ3v) is 21.3. The number of hydrogen-bond acceptors (Lipinski definition) is 0. The second-order valence-corrected chi connectivity index (χ2v) is 27.0. The van der Waals surface area contributed by atoms with Crippen molar-refractivity contribution in [2.75, 3.05) is 0 Å². The van der Waals surface area contributed by atoms with Crippen molar-refractivity contribution < 1.29 is 0 Å². The molecule has 0 heterocycles. The standard InChI is InChI=1S/C69H130/c1-9-12-15-18-20-22-23-24-25-26-27-28-29-30-31-32-34-36-39-41-47-60(46-40-38-35-33-21-19-16-13-10-2)63(48-42-37-17-14-11-3)61-53-55-68(7)62(57-61)49-50-64-66-52-51-65(59(6)45-43-44-58(4)5)69(66,8)56-54-67(64)68/h49,58-61,63-67H,9-48,50-57H2,1-8H3/t59-,60?,61+,63?,64+,65-,66+,67+,68+,69-/m1/s1. The minimum atomic E-state index is 0.493. The monoisotopic (exact) mass is 959 g/mol. The fourth-order valence-corrected chi connectivity index (χ4v) is 16.9. The van der Waals surface area contributed by atoms with Gasteiger partial charge in [-0.2, -0.15) is 0 Å². The summed E-state index contributed by atoms with van der Waals surface area (Å²) in [6.45, 7) is 20.2. The molecule has 10 atom stereocenters. The molecule has 0 amide bonds. The molecular formula is C69H130. The number of fused-ring (bicyclic) bond motifs is 5. The van der Waals surface area contributed by atoms with Gasteiger partial charge < -0.3 is 0 Å². The second kappa shape index (κ2) is 36.6. The molecule has 0 aromatic carbocycles. The van der Waals surface area contributed by atoms with Crippen LogP contribution in [0.15, 0.2) is 11.6 Å². The second-order valence-electron chi connectivity index (χ2n) is 27.0. The van der Waals surface area contributed by atoms with Crippen LogP contribution in [-0.2, 0) is 0 Å². The van der Waals surface area contributed by atoms with Crippen LogP contribution < -0.4 is 0 Å². The van der Waals surface area contributed by atoms with Gasteiger partial charge in [-0.15, -0.1) is 0 Å². The quantitative estimate of drug-likeness (QED) is 0.0422. The summed E-state index contributed by atoms with van der Waals surface area (Å²) in [6, 6.07) is 0. The lowest BCUT2D eigenvalue weighted by Crippen LogP contribution is -2.50. The Morgan fingerprint density at radius 3 is 1.32 bits per heavy atom. The molecule has 406 valence electrons. The summed E-state index contributed by atoms with van der Waals surface area (Å²) in [5.74, 6) is 8.59. The van der Waals surface area contributed by atoms with Crippen molar-refractivity contribution >= 4 is 0 Å². The minimum Gasteiger partial charge on any atom is -0.0845 e. The molecule has 0 saturated heterocycles. The van der Waals surface area contributed by atoms with Crippen molar-refractivity contribution in [3.05, 3.63) is 11.6 Å². The highest BCUT2D eigenvalue weighted by Gasteiger charge is 2.59. The highest BCUT2D eigenvalue weighted by molar-refractivity contribution is 5.25. The van der Waals surface area contributed by atoms with E-state index in [0.29, 0.717) is 10.8 Å². The number of allylic oxidation sites excluding steroid dienone is 2. The van der Waals surface area contributed by atoms with E-state index in [4.69, 9.17) is 0 Å². The molecule has 0 aromatic rings. The minimum absolute atomic E-state index is 0.493. The molecule has 4 aliphatic carbocycles. The van der Waals surface area contributed by atoms with Gasteiger partial charge >= 0.3 is 0 Å². The molecule has 3 saturated carbocycles. The topological polar surface area (TPSA) is 0 Å². The van der Waals surface area contributed by atoms with Crippen LogP contribution in [0.25, 0.3) is 0 Å². The first kappa shape index (κ1) is 61.3. The summed E-state index contributed by atoms with van der Waals surface area (Å²) in [6.07, 6.45) is 74.3. The predicted molar refractivity (Wildman–Crippen MR) is 311 cm³/mol. The number of hydrogen-bond donors (Lipinski definition) is 0. The van der Waals surface area contributed by atoms with E-state index in [-0.39, 0.29) is 0 Å². The molecule has 3 fully saturated rings. The fraction of sp³-hybridized carbons (Fsp3) is 0.971. The highest BCUT2D eigenvalue weighted by atomic mass is 14.6. The Morgan fingerprint density at radius 2 is 0.870 bits per heavy atom. The summed E-state index contributed by atoms with van der Waals surface area (Å²) in [5.41, 5.74) is 3.08. The van der Waals surface area contributed by atoms with E-state index in [9.17, 15) is 0 Å².